The molecule has 0 bridgehead atoms. The number of aliphatic hydroxyl groups excluding tert-OH is 1. The lowest BCUT2D eigenvalue weighted by Gasteiger charge is -2.28. The second-order valence-corrected chi connectivity index (χ2v) is 5.83. The summed E-state index contributed by atoms with van der Waals surface area (Å²) in [4.78, 5) is 0. The molecule has 112 valence electrons. The Morgan fingerprint density at radius 1 is 1.05 bits per heavy atom. The molecule has 1 aromatic rings. The normalized spacial score (nSPS) is 15.9. The predicted octanol–water partition coefficient (Wildman–Crippen LogP) is 3.23. The van der Waals surface area contributed by atoms with E-state index in [2.05, 4.69) is 0 Å². The van der Waals surface area contributed by atoms with Gasteiger partial charge in [-0.05, 0) is 17.7 Å². The van der Waals surface area contributed by atoms with Crippen LogP contribution in [0, 0.1) is 0 Å². The zero-order valence-electron chi connectivity index (χ0n) is 12.0. The van der Waals surface area contributed by atoms with Gasteiger partial charge in [0.1, 0.15) is 0 Å². The van der Waals surface area contributed by atoms with Gasteiger partial charge in [0.15, 0.2) is 11.5 Å². The van der Waals surface area contributed by atoms with Crippen LogP contribution in [-0.4, -0.2) is 24.9 Å². The van der Waals surface area contributed by atoms with Crippen molar-refractivity contribution in [2.75, 3.05) is 19.8 Å². The van der Waals surface area contributed by atoms with Gasteiger partial charge in [-0.15, -0.1) is 0 Å². The van der Waals surface area contributed by atoms with Gasteiger partial charge in [0.05, 0.1) is 19.8 Å². The Labute approximate surface area is 117 Å². The monoisotopic (exact) mass is 286 g/mol. The van der Waals surface area contributed by atoms with E-state index >= 15 is 0 Å². The number of aliphatic hydroxyl groups is 1. The lowest BCUT2D eigenvalue weighted by molar-refractivity contribution is 0.0146. The first-order valence-corrected chi connectivity index (χ1v) is 6.69. The zero-order chi connectivity index (χ0) is 15.0. The summed E-state index contributed by atoms with van der Waals surface area (Å²) in [5.41, 5.74) is -0.517. The van der Waals surface area contributed by atoms with Crippen LogP contribution in [0.4, 0.5) is 8.78 Å². The van der Waals surface area contributed by atoms with Gasteiger partial charge in [0.25, 0.3) is 5.92 Å². The second-order valence-electron chi connectivity index (χ2n) is 5.83. The largest absolute Gasteiger partial charge is 0.490 e. The fourth-order valence-electron chi connectivity index (χ4n) is 2.22. The van der Waals surface area contributed by atoms with Crippen LogP contribution in [0.5, 0.6) is 11.5 Å². The molecule has 0 aliphatic carbocycles. The third kappa shape index (κ3) is 2.87. The van der Waals surface area contributed by atoms with E-state index < -0.39 is 11.3 Å². The number of fused-ring (bicyclic) bond motifs is 1. The smallest absolute Gasteiger partial charge is 0.270 e. The third-order valence-corrected chi connectivity index (χ3v) is 3.49. The van der Waals surface area contributed by atoms with E-state index in [0.717, 1.165) is 6.92 Å². The van der Waals surface area contributed by atoms with Gasteiger partial charge in [-0.3, -0.25) is 0 Å². The molecule has 1 heterocycles. The quantitative estimate of drug-likeness (QED) is 0.927. The zero-order valence-corrected chi connectivity index (χ0v) is 12.0. The molecule has 0 spiro atoms. The van der Waals surface area contributed by atoms with E-state index in [0.29, 0.717) is 36.7 Å². The molecule has 0 amide bonds. The van der Waals surface area contributed by atoms with E-state index in [-0.39, 0.29) is 12.2 Å². The van der Waals surface area contributed by atoms with Crippen LogP contribution in [0.25, 0.3) is 0 Å². The van der Waals surface area contributed by atoms with Crippen LogP contribution >= 0.6 is 0 Å². The van der Waals surface area contributed by atoms with E-state index in [1.807, 2.05) is 0 Å². The van der Waals surface area contributed by atoms with Crippen molar-refractivity contribution in [3.63, 3.8) is 0 Å². The van der Waals surface area contributed by atoms with Crippen LogP contribution < -0.4 is 9.47 Å². The number of benzene rings is 1. The summed E-state index contributed by atoms with van der Waals surface area (Å²) in [5, 5.41) is 9.48. The molecule has 1 N–H and O–H groups in total. The molecule has 0 aromatic heterocycles. The van der Waals surface area contributed by atoms with Crippen molar-refractivity contribution in [1.82, 2.24) is 0 Å². The summed E-state index contributed by atoms with van der Waals surface area (Å²) in [5.74, 6) is -2.20. The average Bonchev–Trinajstić information content (AvgIpc) is 2.60. The van der Waals surface area contributed by atoms with Crippen molar-refractivity contribution < 1.29 is 23.4 Å². The van der Waals surface area contributed by atoms with Crippen molar-refractivity contribution >= 4 is 0 Å². The van der Waals surface area contributed by atoms with E-state index in [1.54, 1.807) is 19.9 Å². The highest BCUT2D eigenvalue weighted by molar-refractivity contribution is 5.51. The Hall–Kier alpha value is -1.36. The fraction of sp³-hybridized carbons (Fsp3) is 0.600. The molecule has 0 saturated heterocycles. The molecule has 0 fully saturated rings. The van der Waals surface area contributed by atoms with Gasteiger partial charge in [-0.2, -0.15) is 0 Å². The highest BCUT2D eigenvalue weighted by atomic mass is 19.3. The first-order valence-electron chi connectivity index (χ1n) is 6.69. The molecule has 1 aliphatic rings. The first kappa shape index (κ1) is 15.0. The molecule has 0 radical (unpaired) electrons. The molecule has 1 aromatic carbocycles. The number of hydrogen-bond donors (Lipinski definition) is 1. The summed E-state index contributed by atoms with van der Waals surface area (Å²) in [7, 11) is 0. The minimum atomic E-state index is -3.01. The maximum absolute atomic E-state index is 13.9. The van der Waals surface area contributed by atoms with E-state index in [4.69, 9.17) is 9.47 Å². The fourth-order valence-corrected chi connectivity index (χ4v) is 2.22. The summed E-state index contributed by atoms with van der Waals surface area (Å²) < 4.78 is 38.8. The Morgan fingerprint density at radius 3 is 2.00 bits per heavy atom. The number of rotatable bonds is 3. The molecule has 1 aliphatic heterocycles. The highest BCUT2D eigenvalue weighted by Gasteiger charge is 2.35. The number of hydrogen-bond acceptors (Lipinski definition) is 3. The molecule has 0 saturated carbocycles. The van der Waals surface area contributed by atoms with Crippen molar-refractivity contribution in [2.45, 2.75) is 38.5 Å². The van der Waals surface area contributed by atoms with Crippen LogP contribution in [0.1, 0.15) is 38.3 Å². The minimum Gasteiger partial charge on any atom is -0.490 e. The highest BCUT2D eigenvalue weighted by Crippen LogP contribution is 2.43. The first-order chi connectivity index (χ1) is 9.25. The topological polar surface area (TPSA) is 38.7 Å². The molecule has 3 nitrogen and oxygen atoms in total. The van der Waals surface area contributed by atoms with Crippen molar-refractivity contribution in [1.29, 1.82) is 0 Å². The van der Waals surface area contributed by atoms with Crippen LogP contribution in [0.3, 0.4) is 0 Å². The maximum Gasteiger partial charge on any atom is 0.270 e. The SMILES string of the molecule is CC(F)(F)c1cc2c(cc1C(C)(C)CO)OCCCO2. The minimum absolute atomic E-state index is 0.124. The summed E-state index contributed by atoms with van der Waals surface area (Å²) in [6, 6.07) is 2.91. The number of ether oxygens (including phenoxy) is 2. The predicted molar refractivity (Wildman–Crippen MR) is 71.7 cm³/mol. The van der Waals surface area contributed by atoms with Gasteiger partial charge in [0.2, 0.25) is 0 Å². The van der Waals surface area contributed by atoms with Gasteiger partial charge in [-0.25, -0.2) is 8.78 Å². The maximum atomic E-state index is 13.9. The Morgan fingerprint density at radius 2 is 1.55 bits per heavy atom. The van der Waals surface area contributed by atoms with Gasteiger partial charge >= 0.3 is 0 Å². The van der Waals surface area contributed by atoms with Crippen molar-refractivity contribution in [3.8, 4) is 11.5 Å². The molecular weight excluding hydrogens is 266 g/mol. The summed E-state index contributed by atoms with van der Waals surface area (Å²) >= 11 is 0. The van der Waals surface area contributed by atoms with Crippen LogP contribution in [0.2, 0.25) is 0 Å². The van der Waals surface area contributed by atoms with Crippen molar-refractivity contribution in [3.05, 3.63) is 23.3 Å². The average molecular weight is 286 g/mol. The Balaban J connectivity index is 2.62. The van der Waals surface area contributed by atoms with Gasteiger partial charge < -0.3 is 14.6 Å². The molecule has 5 heteroatoms. The Bertz CT molecular complexity index is 493. The summed E-state index contributed by atoms with van der Waals surface area (Å²) in [6.07, 6.45) is 0.714. The van der Waals surface area contributed by atoms with Gasteiger partial charge in [0, 0.05) is 24.3 Å². The van der Waals surface area contributed by atoms with E-state index in [9.17, 15) is 13.9 Å². The lowest BCUT2D eigenvalue weighted by atomic mass is 9.81. The standard InChI is InChI=1S/C15H20F2O3/c1-14(2,9-18)10-7-12-13(20-6-4-5-19-12)8-11(10)15(3,16)17/h7-8,18H,4-6,9H2,1-3H3. The number of halogens is 2. The molecule has 0 atom stereocenters. The van der Waals surface area contributed by atoms with Crippen molar-refractivity contribution in [2.24, 2.45) is 0 Å². The summed E-state index contributed by atoms with van der Waals surface area (Å²) in [6.45, 7) is 5.01. The molecule has 0 unspecified atom stereocenters. The van der Waals surface area contributed by atoms with Gasteiger partial charge in [-0.1, -0.05) is 13.8 Å². The lowest BCUT2D eigenvalue weighted by Crippen LogP contribution is -2.27. The van der Waals surface area contributed by atoms with Crippen LogP contribution in [0.15, 0.2) is 12.1 Å². The third-order valence-electron chi connectivity index (χ3n) is 3.49. The molecular formula is C15H20F2O3. The number of alkyl halides is 2. The second kappa shape index (κ2) is 5.20. The molecule has 20 heavy (non-hydrogen) atoms. The van der Waals surface area contributed by atoms with Crippen LogP contribution in [-0.2, 0) is 11.3 Å². The Kier molecular flexibility index (Phi) is 3.91. The van der Waals surface area contributed by atoms with E-state index in [1.165, 1.54) is 6.07 Å². The molecule has 2 rings (SSSR count).